The Morgan fingerprint density at radius 3 is 2.60 bits per heavy atom. The van der Waals surface area contributed by atoms with Crippen molar-refractivity contribution in [1.82, 2.24) is 5.32 Å². The maximum atomic E-state index is 3.55. The summed E-state index contributed by atoms with van der Waals surface area (Å²) in [6.45, 7) is 2.24. The Bertz CT molecular complexity index is 478. The van der Waals surface area contributed by atoms with Gasteiger partial charge in [0.1, 0.15) is 0 Å². The molecule has 1 fully saturated rings. The Balaban J connectivity index is 2.10. The summed E-state index contributed by atoms with van der Waals surface area (Å²) < 4.78 is 0. The number of fused-ring (bicyclic) bond motifs is 1. The molecule has 1 heterocycles. The molecule has 0 radical (unpaired) electrons. The highest BCUT2D eigenvalue weighted by molar-refractivity contribution is 5.86. The largest absolute Gasteiger partial charge is 0.307 e. The van der Waals surface area contributed by atoms with Crippen LogP contribution in [0.15, 0.2) is 42.5 Å². The van der Waals surface area contributed by atoms with Gasteiger partial charge in [-0.2, -0.15) is 0 Å². The minimum atomic E-state index is 0.561. The molecule has 1 N–H and O–H groups in total. The Morgan fingerprint density at radius 1 is 1.07 bits per heavy atom. The van der Waals surface area contributed by atoms with E-state index in [1.54, 1.807) is 0 Å². The number of benzene rings is 2. The molecule has 0 aromatic heterocycles. The van der Waals surface area contributed by atoms with E-state index in [2.05, 4.69) is 54.7 Å². The predicted octanol–water partition coefficient (Wildman–Crippen LogP) is 3.26. The molecule has 1 aliphatic rings. The van der Waals surface area contributed by atoms with Crippen molar-refractivity contribution < 1.29 is 0 Å². The Kier molecular flexibility index (Phi) is 2.00. The number of nitrogens with one attached hydrogen (secondary N) is 1. The van der Waals surface area contributed by atoms with E-state index in [4.69, 9.17) is 0 Å². The molecule has 0 amide bonds. The molecular weight excluding hydrogens is 182 g/mol. The lowest BCUT2D eigenvalue weighted by molar-refractivity contribution is 0.289. The molecule has 1 aliphatic heterocycles. The lowest BCUT2D eigenvalue weighted by Gasteiger charge is -2.35. The first-order chi connectivity index (χ1) is 7.34. The molecule has 76 valence electrons. The van der Waals surface area contributed by atoms with E-state index in [0.29, 0.717) is 12.1 Å². The molecule has 2 unspecified atom stereocenters. The second-order valence-corrected chi connectivity index (χ2v) is 4.42. The SMILES string of the molecule is CC1CC(c2cccc3ccccc23)N1. The molecule has 0 bridgehead atoms. The van der Waals surface area contributed by atoms with E-state index in [9.17, 15) is 0 Å². The molecular formula is C14H15N. The van der Waals surface area contributed by atoms with Crippen LogP contribution in [0.1, 0.15) is 24.9 Å². The molecule has 0 spiro atoms. The van der Waals surface area contributed by atoms with E-state index in [-0.39, 0.29) is 0 Å². The third-order valence-electron chi connectivity index (χ3n) is 3.27. The van der Waals surface area contributed by atoms with Crippen molar-refractivity contribution in [3.63, 3.8) is 0 Å². The summed E-state index contributed by atoms with van der Waals surface area (Å²) >= 11 is 0. The van der Waals surface area contributed by atoms with Crippen LogP contribution in [-0.2, 0) is 0 Å². The van der Waals surface area contributed by atoms with E-state index in [0.717, 1.165) is 0 Å². The van der Waals surface area contributed by atoms with Crippen LogP contribution in [0.4, 0.5) is 0 Å². The van der Waals surface area contributed by atoms with E-state index >= 15 is 0 Å². The van der Waals surface area contributed by atoms with Gasteiger partial charge in [0.25, 0.3) is 0 Å². The van der Waals surface area contributed by atoms with E-state index < -0.39 is 0 Å². The number of hydrogen-bond donors (Lipinski definition) is 1. The van der Waals surface area contributed by atoms with Crippen LogP contribution in [0.5, 0.6) is 0 Å². The minimum absolute atomic E-state index is 0.561. The highest BCUT2D eigenvalue weighted by Gasteiger charge is 2.26. The maximum absolute atomic E-state index is 3.55. The highest BCUT2D eigenvalue weighted by Crippen LogP contribution is 2.32. The van der Waals surface area contributed by atoms with Gasteiger partial charge < -0.3 is 5.32 Å². The van der Waals surface area contributed by atoms with Gasteiger partial charge in [-0.05, 0) is 29.7 Å². The van der Waals surface area contributed by atoms with Crippen LogP contribution in [-0.4, -0.2) is 6.04 Å². The van der Waals surface area contributed by atoms with Gasteiger partial charge >= 0.3 is 0 Å². The van der Waals surface area contributed by atoms with E-state index in [1.807, 2.05) is 0 Å². The van der Waals surface area contributed by atoms with Crippen LogP contribution >= 0.6 is 0 Å². The van der Waals surface area contributed by atoms with Gasteiger partial charge in [-0.3, -0.25) is 0 Å². The Labute approximate surface area is 90.1 Å². The van der Waals surface area contributed by atoms with Crippen molar-refractivity contribution in [3.05, 3.63) is 48.0 Å². The first-order valence-corrected chi connectivity index (χ1v) is 5.58. The molecule has 1 nitrogen and oxygen atoms in total. The van der Waals surface area contributed by atoms with Gasteiger partial charge in [0.15, 0.2) is 0 Å². The van der Waals surface area contributed by atoms with Crippen molar-refractivity contribution in [3.8, 4) is 0 Å². The third-order valence-corrected chi connectivity index (χ3v) is 3.27. The second-order valence-electron chi connectivity index (χ2n) is 4.42. The average molecular weight is 197 g/mol. The zero-order chi connectivity index (χ0) is 10.3. The van der Waals surface area contributed by atoms with Crippen LogP contribution < -0.4 is 5.32 Å². The zero-order valence-corrected chi connectivity index (χ0v) is 8.90. The predicted molar refractivity (Wildman–Crippen MR) is 63.9 cm³/mol. The monoisotopic (exact) mass is 197 g/mol. The standard InChI is InChI=1S/C14H15N/c1-10-9-14(15-10)13-8-4-6-11-5-2-3-7-12(11)13/h2-8,10,14-15H,9H2,1H3. The van der Waals surface area contributed by atoms with Crippen molar-refractivity contribution in [1.29, 1.82) is 0 Å². The third kappa shape index (κ3) is 1.44. The van der Waals surface area contributed by atoms with Gasteiger partial charge in [0.2, 0.25) is 0 Å². The summed E-state index contributed by atoms with van der Waals surface area (Å²) in [5, 5.41) is 6.29. The van der Waals surface area contributed by atoms with Crippen LogP contribution in [0, 0.1) is 0 Å². The summed E-state index contributed by atoms with van der Waals surface area (Å²) in [4.78, 5) is 0. The summed E-state index contributed by atoms with van der Waals surface area (Å²) in [5.41, 5.74) is 1.45. The maximum Gasteiger partial charge on any atom is 0.0343 e. The fourth-order valence-electron chi connectivity index (χ4n) is 2.44. The van der Waals surface area contributed by atoms with Crippen LogP contribution in [0.2, 0.25) is 0 Å². The average Bonchev–Trinajstić information content (AvgIpc) is 2.24. The fourth-order valence-corrected chi connectivity index (χ4v) is 2.44. The topological polar surface area (TPSA) is 12.0 Å². The molecule has 1 saturated heterocycles. The Morgan fingerprint density at radius 2 is 1.80 bits per heavy atom. The lowest BCUT2D eigenvalue weighted by atomic mass is 9.89. The smallest absolute Gasteiger partial charge is 0.0343 e. The molecule has 2 aromatic carbocycles. The van der Waals surface area contributed by atoms with Gasteiger partial charge in [0, 0.05) is 12.1 Å². The summed E-state index contributed by atoms with van der Waals surface area (Å²) in [7, 11) is 0. The molecule has 1 heteroatoms. The van der Waals surface area contributed by atoms with Crippen LogP contribution in [0.25, 0.3) is 10.8 Å². The van der Waals surface area contributed by atoms with Gasteiger partial charge in [-0.25, -0.2) is 0 Å². The van der Waals surface area contributed by atoms with Crippen molar-refractivity contribution in [2.24, 2.45) is 0 Å². The van der Waals surface area contributed by atoms with Crippen molar-refractivity contribution >= 4 is 10.8 Å². The van der Waals surface area contributed by atoms with Crippen molar-refractivity contribution in [2.75, 3.05) is 0 Å². The summed E-state index contributed by atoms with van der Waals surface area (Å²) in [5.74, 6) is 0. The normalized spacial score (nSPS) is 25.1. The van der Waals surface area contributed by atoms with Gasteiger partial charge in [-0.15, -0.1) is 0 Å². The van der Waals surface area contributed by atoms with Gasteiger partial charge in [0.05, 0.1) is 0 Å². The molecule has 0 aliphatic carbocycles. The molecule has 3 rings (SSSR count). The van der Waals surface area contributed by atoms with Crippen LogP contribution in [0.3, 0.4) is 0 Å². The summed E-state index contributed by atoms with van der Waals surface area (Å²) in [6.07, 6.45) is 1.26. The second kappa shape index (κ2) is 3.35. The van der Waals surface area contributed by atoms with Gasteiger partial charge in [-0.1, -0.05) is 42.5 Å². The molecule has 0 saturated carbocycles. The molecule has 15 heavy (non-hydrogen) atoms. The minimum Gasteiger partial charge on any atom is -0.307 e. The first-order valence-electron chi connectivity index (χ1n) is 5.58. The quantitative estimate of drug-likeness (QED) is 0.740. The summed E-state index contributed by atoms with van der Waals surface area (Å²) in [6, 6.07) is 16.4. The van der Waals surface area contributed by atoms with E-state index in [1.165, 1.54) is 22.8 Å². The number of hydrogen-bond acceptors (Lipinski definition) is 1. The van der Waals surface area contributed by atoms with Crippen molar-refractivity contribution in [2.45, 2.75) is 25.4 Å². The zero-order valence-electron chi connectivity index (χ0n) is 8.90. The highest BCUT2D eigenvalue weighted by atomic mass is 15.0. The fraction of sp³-hybridized carbons (Fsp3) is 0.286. The Hall–Kier alpha value is -1.34. The molecule has 2 aromatic rings. The molecule has 2 atom stereocenters. The first kappa shape index (κ1) is 8.93. The number of rotatable bonds is 1. The lowest BCUT2D eigenvalue weighted by Crippen LogP contribution is -2.43.